The van der Waals surface area contributed by atoms with Gasteiger partial charge in [-0.1, -0.05) is 6.92 Å². The molecule has 6 heteroatoms. The van der Waals surface area contributed by atoms with E-state index in [2.05, 4.69) is 10.0 Å². The Bertz CT molecular complexity index is 289. The largest absolute Gasteiger partial charge is 0.380 e. The highest BCUT2D eigenvalue weighted by molar-refractivity contribution is 7.89. The van der Waals surface area contributed by atoms with Crippen LogP contribution in [0.3, 0.4) is 0 Å². The predicted molar refractivity (Wildman–Crippen MR) is 68.5 cm³/mol. The van der Waals surface area contributed by atoms with Crippen LogP contribution in [-0.2, 0) is 14.8 Å². The minimum Gasteiger partial charge on any atom is -0.380 e. The van der Waals surface area contributed by atoms with Crippen molar-refractivity contribution in [3.63, 3.8) is 0 Å². The van der Waals surface area contributed by atoms with Crippen molar-refractivity contribution < 1.29 is 13.2 Å². The molecule has 1 saturated carbocycles. The van der Waals surface area contributed by atoms with Gasteiger partial charge < -0.3 is 10.1 Å². The monoisotopic (exact) mass is 264 g/mol. The molecule has 1 aliphatic carbocycles. The van der Waals surface area contributed by atoms with Gasteiger partial charge in [0.1, 0.15) is 0 Å². The van der Waals surface area contributed by atoms with E-state index in [1.807, 2.05) is 6.92 Å². The van der Waals surface area contributed by atoms with Crippen molar-refractivity contribution in [2.75, 3.05) is 38.6 Å². The van der Waals surface area contributed by atoms with Gasteiger partial charge in [0, 0.05) is 13.2 Å². The highest BCUT2D eigenvalue weighted by Gasteiger charge is 2.20. The molecule has 1 rings (SSSR count). The molecule has 0 aromatic heterocycles. The van der Waals surface area contributed by atoms with Gasteiger partial charge in [0.15, 0.2) is 0 Å². The summed E-state index contributed by atoms with van der Waals surface area (Å²) < 4.78 is 30.9. The van der Waals surface area contributed by atoms with Gasteiger partial charge in [0.2, 0.25) is 10.0 Å². The third kappa shape index (κ3) is 8.54. The van der Waals surface area contributed by atoms with Crippen LogP contribution in [0, 0.1) is 5.92 Å². The van der Waals surface area contributed by atoms with E-state index >= 15 is 0 Å². The van der Waals surface area contributed by atoms with Crippen LogP contribution >= 0.6 is 0 Å². The smallest absolute Gasteiger partial charge is 0.211 e. The van der Waals surface area contributed by atoms with Gasteiger partial charge in [0.25, 0.3) is 0 Å². The van der Waals surface area contributed by atoms with Gasteiger partial charge in [-0.15, -0.1) is 0 Å². The van der Waals surface area contributed by atoms with Crippen LogP contribution in [0.5, 0.6) is 0 Å². The second-order valence-corrected chi connectivity index (χ2v) is 6.37. The zero-order chi connectivity index (χ0) is 12.6. The molecule has 0 amide bonds. The minimum absolute atomic E-state index is 0.183. The lowest BCUT2D eigenvalue weighted by molar-refractivity contribution is 0.129. The van der Waals surface area contributed by atoms with Crippen LogP contribution in [0.15, 0.2) is 0 Å². The summed E-state index contributed by atoms with van der Waals surface area (Å²) in [6.07, 6.45) is 3.17. The Hall–Kier alpha value is -0.170. The van der Waals surface area contributed by atoms with E-state index in [9.17, 15) is 8.42 Å². The lowest BCUT2D eigenvalue weighted by Crippen LogP contribution is -2.31. The molecule has 0 spiro atoms. The average molecular weight is 264 g/mol. The molecule has 0 aromatic rings. The van der Waals surface area contributed by atoms with Crippen LogP contribution < -0.4 is 10.0 Å². The quantitative estimate of drug-likeness (QED) is 0.528. The summed E-state index contributed by atoms with van der Waals surface area (Å²) in [5.74, 6) is 0.912. The molecule has 0 bridgehead atoms. The van der Waals surface area contributed by atoms with Crippen molar-refractivity contribution in [3.8, 4) is 0 Å². The fourth-order valence-electron chi connectivity index (χ4n) is 1.44. The van der Waals surface area contributed by atoms with E-state index in [1.165, 1.54) is 12.8 Å². The standard InChI is InChI=1S/C11H24N2O3S/c1-2-12-6-3-9-17(14,15)13-7-8-16-10-11-4-5-11/h11-13H,2-10H2,1H3. The van der Waals surface area contributed by atoms with E-state index in [4.69, 9.17) is 4.74 Å². The Morgan fingerprint density at radius 1 is 1.29 bits per heavy atom. The van der Waals surface area contributed by atoms with Gasteiger partial charge in [-0.2, -0.15) is 0 Å². The molecule has 2 N–H and O–H groups in total. The number of rotatable bonds is 11. The number of sulfonamides is 1. The first-order valence-electron chi connectivity index (χ1n) is 6.40. The van der Waals surface area contributed by atoms with Crippen molar-refractivity contribution >= 4 is 10.0 Å². The average Bonchev–Trinajstić information content (AvgIpc) is 3.08. The highest BCUT2D eigenvalue weighted by Crippen LogP contribution is 2.28. The first kappa shape index (κ1) is 14.9. The molecule has 17 heavy (non-hydrogen) atoms. The van der Waals surface area contributed by atoms with Gasteiger partial charge in [-0.05, 0) is 38.3 Å². The predicted octanol–water partition coefficient (Wildman–Crippen LogP) is 0.332. The summed E-state index contributed by atoms with van der Waals surface area (Å²) in [5.41, 5.74) is 0. The van der Waals surface area contributed by atoms with E-state index in [0.29, 0.717) is 19.6 Å². The third-order valence-corrected chi connectivity index (χ3v) is 4.11. The molecule has 0 saturated heterocycles. The van der Waals surface area contributed by atoms with E-state index in [-0.39, 0.29) is 5.75 Å². The number of hydrogen-bond donors (Lipinski definition) is 2. The summed E-state index contributed by atoms with van der Waals surface area (Å²) in [5, 5.41) is 3.10. The molecule has 0 heterocycles. The first-order valence-corrected chi connectivity index (χ1v) is 8.05. The summed E-state index contributed by atoms with van der Waals surface area (Å²) in [4.78, 5) is 0. The van der Waals surface area contributed by atoms with Gasteiger partial charge in [-0.3, -0.25) is 0 Å². The Morgan fingerprint density at radius 3 is 2.71 bits per heavy atom. The molecule has 0 unspecified atom stereocenters. The summed E-state index contributed by atoms with van der Waals surface area (Å²) in [7, 11) is -3.12. The molecule has 102 valence electrons. The van der Waals surface area contributed by atoms with Crippen molar-refractivity contribution in [1.29, 1.82) is 0 Å². The number of nitrogens with one attached hydrogen (secondary N) is 2. The topological polar surface area (TPSA) is 67.4 Å². The lowest BCUT2D eigenvalue weighted by Gasteiger charge is -2.07. The Morgan fingerprint density at radius 2 is 2.06 bits per heavy atom. The maximum atomic E-state index is 11.5. The zero-order valence-electron chi connectivity index (χ0n) is 10.6. The Balaban J connectivity index is 1.94. The second-order valence-electron chi connectivity index (χ2n) is 4.44. The fourth-order valence-corrected chi connectivity index (χ4v) is 2.50. The van der Waals surface area contributed by atoms with Gasteiger partial charge in [0.05, 0.1) is 12.4 Å². The van der Waals surface area contributed by atoms with Crippen molar-refractivity contribution in [2.45, 2.75) is 26.2 Å². The van der Waals surface area contributed by atoms with E-state index in [0.717, 1.165) is 25.6 Å². The molecule has 0 radical (unpaired) electrons. The van der Waals surface area contributed by atoms with E-state index < -0.39 is 10.0 Å². The highest BCUT2D eigenvalue weighted by atomic mass is 32.2. The van der Waals surface area contributed by atoms with Crippen molar-refractivity contribution in [2.24, 2.45) is 5.92 Å². The normalized spacial score (nSPS) is 16.3. The van der Waals surface area contributed by atoms with Crippen molar-refractivity contribution in [1.82, 2.24) is 10.0 Å². The Kier molecular flexibility index (Phi) is 7.03. The minimum atomic E-state index is -3.12. The van der Waals surface area contributed by atoms with Crippen LogP contribution in [0.2, 0.25) is 0 Å². The molecular formula is C11H24N2O3S. The molecule has 1 aliphatic rings. The van der Waals surface area contributed by atoms with Crippen LogP contribution in [-0.4, -0.2) is 47.0 Å². The van der Waals surface area contributed by atoms with Crippen LogP contribution in [0.4, 0.5) is 0 Å². The fraction of sp³-hybridized carbons (Fsp3) is 1.00. The summed E-state index contributed by atoms with van der Waals surface area (Å²) in [6.45, 7) is 5.27. The maximum absolute atomic E-state index is 11.5. The van der Waals surface area contributed by atoms with Crippen molar-refractivity contribution in [3.05, 3.63) is 0 Å². The molecular weight excluding hydrogens is 240 g/mol. The molecule has 5 nitrogen and oxygen atoms in total. The lowest BCUT2D eigenvalue weighted by atomic mass is 10.5. The number of ether oxygens (including phenoxy) is 1. The second kappa shape index (κ2) is 8.02. The Labute approximate surface area is 104 Å². The third-order valence-electron chi connectivity index (χ3n) is 2.64. The summed E-state index contributed by atoms with van der Waals surface area (Å²) in [6, 6.07) is 0. The molecule has 0 aliphatic heterocycles. The maximum Gasteiger partial charge on any atom is 0.211 e. The van der Waals surface area contributed by atoms with Crippen LogP contribution in [0.25, 0.3) is 0 Å². The zero-order valence-corrected chi connectivity index (χ0v) is 11.4. The van der Waals surface area contributed by atoms with Gasteiger partial charge in [-0.25, -0.2) is 13.1 Å². The van der Waals surface area contributed by atoms with E-state index in [1.54, 1.807) is 0 Å². The van der Waals surface area contributed by atoms with Gasteiger partial charge >= 0.3 is 0 Å². The molecule has 0 atom stereocenters. The molecule has 1 fully saturated rings. The SMILES string of the molecule is CCNCCCS(=O)(=O)NCCOCC1CC1. The first-order chi connectivity index (χ1) is 8.14. The summed E-state index contributed by atoms with van der Waals surface area (Å²) >= 11 is 0. The molecule has 0 aromatic carbocycles. The number of hydrogen-bond acceptors (Lipinski definition) is 4. The van der Waals surface area contributed by atoms with Crippen LogP contribution in [0.1, 0.15) is 26.2 Å².